The van der Waals surface area contributed by atoms with Gasteiger partial charge in [0.15, 0.2) is 0 Å². The maximum Gasteiger partial charge on any atom is 0.226 e. The molecule has 1 heterocycles. The van der Waals surface area contributed by atoms with Crippen LogP contribution in [0.15, 0.2) is 24.3 Å². The average Bonchev–Trinajstić information content (AvgIpc) is 2.40. The first-order valence-corrected chi connectivity index (χ1v) is 7.90. The van der Waals surface area contributed by atoms with Crippen molar-refractivity contribution in [3.8, 4) is 0 Å². The smallest absolute Gasteiger partial charge is 0.226 e. The van der Waals surface area contributed by atoms with Gasteiger partial charge in [0.25, 0.3) is 0 Å². The quantitative estimate of drug-likeness (QED) is 0.874. The maximum atomic E-state index is 12.2. The molecule has 3 nitrogen and oxygen atoms in total. The number of rotatable bonds is 3. The van der Waals surface area contributed by atoms with E-state index in [2.05, 4.69) is 36.1 Å². The Balaban J connectivity index is 1.48. The lowest BCUT2D eigenvalue weighted by Crippen LogP contribution is -3.13. The van der Waals surface area contributed by atoms with E-state index in [1.54, 1.807) is 4.90 Å². The van der Waals surface area contributed by atoms with Crippen molar-refractivity contribution in [3.05, 3.63) is 35.4 Å². The normalized spacial score (nSPS) is 20.8. The Morgan fingerprint density at radius 1 is 1.20 bits per heavy atom. The van der Waals surface area contributed by atoms with Crippen LogP contribution in [0, 0.1) is 12.8 Å². The summed E-state index contributed by atoms with van der Waals surface area (Å²) in [4.78, 5) is 15.9. The molecule has 0 bridgehead atoms. The van der Waals surface area contributed by atoms with Crippen molar-refractivity contribution in [2.75, 3.05) is 26.2 Å². The second-order valence-corrected chi connectivity index (χ2v) is 6.37. The largest absolute Gasteiger partial charge is 0.331 e. The summed E-state index contributed by atoms with van der Waals surface area (Å²) in [6.07, 6.45) is 3.49. The number of carbonyl (C=O) groups excluding carboxylic acids is 1. The van der Waals surface area contributed by atoms with E-state index in [1.807, 2.05) is 0 Å². The van der Waals surface area contributed by atoms with Crippen LogP contribution in [-0.4, -0.2) is 37.0 Å². The Bertz CT molecular complexity index is 456. The lowest BCUT2D eigenvalue weighted by Gasteiger charge is -2.36. The number of hydrogen-bond donors (Lipinski definition) is 1. The SMILES string of the molecule is Cc1ccc(C[NH+]2CCN(C(=O)C3CCC3)CC2)cc1. The molecule has 1 N–H and O–H groups in total. The number of hydrogen-bond acceptors (Lipinski definition) is 1. The van der Waals surface area contributed by atoms with Crippen LogP contribution in [0.5, 0.6) is 0 Å². The summed E-state index contributed by atoms with van der Waals surface area (Å²) in [6.45, 7) is 7.28. The summed E-state index contributed by atoms with van der Waals surface area (Å²) in [5.41, 5.74) is 2.73. The third-order valence-corrected chi connectivity index (χ3v) is 4.81. The van der Waals surface area contributed by atoms with Crippen molar-refractivity contribution in [2.45, 2.75) is 32.7 Å². The topological polar surface area (TPSA) is 24.8 Å². The van der Waals surface area contributed by atoms with Crippen LogP contribution in [0.25, 0.3) is 0 Å². The van der Waals surface area contributed by atoms with Gasteiger partial charge in [0.05, 0.1) is 26.2 Å². The van der Waals surface area contributed by atoms with Crippen molar-refractivity contribution in [1.82, 2.24) is 4.90 Å². The monoisotopic (exact) mass is 273 g/mol. The lowest BCUT2D eigenvalue weighted by molar-refractivity contribution is -0.917. The van der Waals surface area contributed by atoms with Gasteiger partial charge < -0.3 is 9.80 Å². The summed E-state index contributed by atoms with van der Waals surface area (Å²) in [5.74, 6) is 0.777. The van der Waals surface area contributed by atoms with Crippen LogP contribution < -0.4 is 4.90 Å². The molecule has 1 aromatic rings. The van der Waals surface area contributed by atoms with Gasteiger partial charge in [-0.1, -0.05) is 36.2 Å². The Kier molecular flexibility index (Phi) is 4.06. The molecule has 0 atom stereocenters. The van der Waals surface area contributed by atoms with Crippen molar-refractivity contribution < 1.29 is 9.69 Å². The molecule has 1 amide bonds. The molecule has 2 fully saturated rings. The fourth-order valence-corrected chi connectivity index (χ4v) is 3.13. The molecule has 1 aliphatic heterocycles. The third-order valence-electron chi connectivity index (χ3n) is 4.81. The fourth-order valence-electron chi connectivity index (χ4n) is 3.13. The highest BCUT2D eigenvalue weighted by Gasteiger charge is 2.32. The van der Waals surface area contributed by atoms with Crippen LogP contribution >= 0.6 is 0 Å². The van der Waals surface area contributed by atoms with Crippen LogP contribution in [0.1, 0.15) is 30.4 Å². The maximum absolute atomic E-state index is 12.2. The average molecular weight is 273 g/mol. The number of piperazine rings is 1. The molecule has 3 heteroatoms. The van der Waals surface area contributed by atoms with Crippen molar-refractivity contribution in [2.24, 2.45) is 5.92 Å². The highest BCUT2D eigenvalue weighted by Crippen LogP contribution is 2.28. The molecule has 1 aliphatic carbocycles. The van der Waals surface area contributed by atoms with E-state index in [0.29, 0.717) is 11.8 Å². The number of nitrogens with one attached hydrogen (secondary N) is 1. The van der Waals surface area contributed by atoms with E-state index in [0.717, 1.165) is 45.6 Å². The van der Waals surface area contributed by atoms with Crippen molar-refractivity contribution in [3.63, 3.8) is 0 Å². The Morgan fingerprint density at radius 2 is 1.85 bits per heavy atom. The molecule has 108 valence electrons. The molecule has 3 rings (SSSR count). The molecule has 2 aliphatic rings. The standard InChI is InChI=1S/C17H24N2O/c1-14-5-7-15(8-6-14)13-18-9-11-19(12-10-18)17(20)16-3-2-4-16/h5-8,16H,2-4,9-13H2,1H3/p+1. The zero-order chi connectivity index (χ0) is 13.9. The number of carbonyl (C=O) groups is 1. The number of quaternary nitrogens is 1. The van der Waals surface area contributed by atoms with E-state index < -0.39 is 0 Å². The fraction of sp³-hybridized carbons (Fsp3) is 0.588. The summed E-state index contributed by atoms with van der Waals surface area (Å²) >= 11 is 0. The zero-order valence-electron chi connectivity index (χ0n) is 12.4. The molecule has 1 aromatic carbocycles. The predicted molar refractivity (Wildman–Crippen MR) is 79.5 cm³/mol. The molecular formula is C17H25N2O+. The van der Waals surface area contributed by atoms with E-state index in [1.165, 1.54) is 17.5 Å². The van der Waals surface area contributed by atoms with Gasteiger partial charge in [-0.3, -0.25) is 4.79 Å². The molecule has 1 saturated carbocycles. The van der Waals surface area contributed by atoms with Gasteiger partial charge in [-0.15, -0.1) is 0 Å². The highest BCUT2D eigenvalue weighted by atomic mass is 16.2. The van der Waals surface area contributed by atoms with E-state index in [-0.39, 0.29) is 0 Å². The molecule has 0 radical (unpaired) electrons. The van der Waals surface area contributed by atoms with E-state index in [4.69, 9.17) is 0 Å². The van der Waals surface area contributed by atoms with Gasteiger partial charge in [0.2, 0.25) is 5.91 Å². The van der Waals surface area contributed by atoms with Crippen molar-refractivity contribution in [1.29, 1.82) is 0 Å². The van der Waals surface area contributed by atoms with Crippen LogP contribution in [0.2, 0.25) is 0 Å². The molecule has 20 heavy (non-hydrogen) atoms. The number of benzene rings is 1. The van der Waals surface area contributed by atoms with Crippen LogP contribution in [-0.2, 0) is 11.3 Å². The minimum absolute atomic E-state index is 0.355. The summed E-state index contributed by atoms with van der Waals surface area (Å²) in [5, 5.41) is 0. The Morgan fingerprint density at radius 3 is 2.40 bits per heavy atom. The van der Waals surface area contributed by atoms with Gasteiger partial charge in [-0.05, 0) is 19.8 Å². The molecule has 0 unspecified atom stereocenters. The molecule has 0 spiro atoms. The first-order valence-electron chi connectivity index (χ1n) is 7.90. The Hall–Kier alpha value is -1.35. The number of aryl methyl sites for hydroxylation is 1. The zero-order valence-corrected chi connectivity index (χ0v) is 12.4. The van der Waals surface area contributed by atoms with Crippen LogP contribution in [0.4, 0.5) is 0 Å². The minimum Gasteiger partial charge on any atom is -0.331 e. The predicted octanol–water partition coefficient (Wildman–Crippen LogP) is 1.02. The second-order valence-electron chi connectivity index (χ2n) is 6.37. The lowest BCUT2D eigenvalue weighted by atomic mass is 9.84. The highest BCUT2D eigenvalue weighted by molar-refractivity contribution is 5.79. The summed E-state index contributed by atoms with van der Waals surface area (Å²) in [7, 11) is 0. The summed E-state index contributed by atoms with van der Waals surface area (Å²) in [6, 6.07) is 8.83. The summed E-state index contributed by atoms with van der Waals surface area (Å²) < 4.78 is 0. The van der Waals surface area contributed by atoms with Gasteiger partial charge in [0.1, 0.15) is 6.54 Å². The van der Waals surface area contributed by atoms with E-state index in [9.17, 15) is 4.79 Å². The van der Waals surface area contributed by atoms with Crippen LogP contribution in [0.3, 0.4) is 0 Å². The van der Waals surface area contributed by atoms with Gasteiger partial charge in [-0.2, -0.15) is 0 Å². The molecule has 0 aromatic heterocycles. The molecular weight excluding hydrogens is 248 g/mol. The second kappa shape index (κ2) is 5.96. The first-order chi connectivity index (χ1) is 9.72. The van der Waals surface area contributed by atoms with Gasteiger partial charge in [-0.25, -0.2) is 0 Å². The number of nitrogens with zero attached hydrogens (tertiary/aromatic N) is 1. The van der Waals surface area contributed by atoms with Gasteiger partial charge in [0, 0.05) is 11.5 Å². The Labute approximate surface area is 121 Å². The third kappa shape index (κ3) is 3.04. The first kappa shape index (κ1) is 13.6. The number of amides is 1. The van der Waals surface area contributed by atoms with E-state index >= 15 is 0 Å². The van der Waals surface area contributed by atoms with Crippen molar-refractivity contribution >= 4 is 5.91 Å². The minimum atomic E-state index is 0.355. The molecule has 1 saturated heterocycles. The van der Waals surface area contributed by atoms with Gasteiger partial charge >= 0.3 is 0 Å².